The summed E-state index contributed by atoms with van der Waals surface area (Å²) in [5.74, 6) is 0.850. The summed E-state index contributed by atoms with van der Waals surface area (Å²) in [4.78, 5) is 33.2. The molecule has 26 heavy (non-hydrogen) atoms. The lowest BCUT2D eigenvalue weighted by Gasteiger charge is -2.30. The van der Waals surface area contributed by atoms with Crippen LogP contribution in [0.4, 0.5) is 4.79 Å². The summed E-state index contributed by atoms with van der Waals surface area (Å²) in [6, 6.07) is 15.3. The number of benzene rings is 2. The van der Waals surface area contributed by atoms with Crippen LogP contribution in [0.1, 0.15) is 22.9 Å². The number of carbonyl (C=O) groups is 1. The van der Waals surface area contributed by atoms with Crippen LogP contribution in [0.5, 0.6) is 0 Å². The monoisotopic (exact) mass is 348 g/mol. The lowest BCUT2D eigenvalue weighted by atomic mass is 9.78. The van der Waals surface area contributed by atoms with Crippen LogP contribution >= 0.6 is 0 Å². The Balaban J connectivity index is 1.38. The fourth-order valence-corrected chi connectivity index (χ4v) is 3.40. The maximum atomic E-state index is 12.3. The van der Waals surface area contributed by atoms with E-state index in [1.54, 1.807) is 25.2 Å². The average molecular weight is 348 g/mol. The van der Waals surface area contributed by atoms with Crippen LogP contribution in [0.3, 0.4) is 0 Å². The molecule has 0 radical (unpaired) electrons. The van der Waals surface area contributed by atoms with Gasteiger partial charge in [0.15, 0.2) is 0 Å². The molecule has 1 aromatic heterocycles. The number of hydrogen-bond donors (Lipinski definition) is 2. The van der Waals surface area contributed by atoms with Crippen molar-refractivity contribution >= 4 is 16.9 Å². The molecule has 1 aliphatic carbocycles. The van der Waals surface area contributed by atoms with Crippen molar-refractivity contribution in [1.82, 2.24) is 20.2 Å². The molecule has 132 valence electrons. The molecule has 0 aliphatic heterocycles. The van der Waals surface area contributed by atoms with Gasteiger partial charge in [-0.2, -0.15) is 0 Å². The van der Waals surface area contributed by atoms with Gasteiger partial charge in [-0.25, -0.2) is 9.78 Å². The topological polar surface area (TPSA) is 78.1 Å². The minimum Gasteiger partial charge on any atom is -0.337 e. The van der Waals surface area contributed by atoms with Gasteiger partial charge < -0.3 is 15.2 Å². The van der Waals surface area contributed by atoms with E-state index in [0.717, 1.165) is 6.42 Å². The molecule has 1 atom stereocenters. The number of amides is 2. The van der Waals surface area contributed by atoms with E-state index in [1.165, 1.54) is 16.0 Å². The Morgan fingerprint density at radius 3 is 2.85 bits per heavy atom. The fraction of sp³-hybridized carbons (Fsp3) is 0.250. The number of rotatable bonds is 4. The van der Waals surface area contributed by atoms with Crippen LogP contribution in [-0.4, -0.2) is 34.5 Å². The van der Waals surface area contributed by atoms with E-state index in [0.29, 0.717) is 29.2 Å². The maximum absolute atomic E-state index is 12.3. The maximum Gasteiger partial charge on any atom is 0.317 e. The molecular formula is C20H20N4O2. The van der Waals surface area contributed by atoms with E-state index < -0.39 is 0 Å². The zero-order chi connectivity index (χ0) is 18.1. The van der Waals surface area contributed by atoms with Crippen LogP contribution in [0.25, 0.3) is 10.9 Å². The van der Waals surface area contributed by atoms with Gasteiger partial charge in [-0.3, -0.25) is 4.79 Å². The van der Waals surface area contributed by atoms with Gasteiger partial charge in [-0.05, 0) is 29.7 Å². The molecule has 2 amide bonds. The molecule has 2 N–H and O–H groups in total. The van der Waals surface area contributed by atoms with Crippen LogP contribution in [0.2, 0.25) is 0 Å². The number of nitrogens with zero attached hydrogens (tertiary/aromatic N) is 2. The molecule has 6 nitrogen and oxygen atoms in total. The number of aromatic nitrogens is 2. The molecule has 0 bridgehead atoms. The van der Waals surface area contributed by atoms with Crippen molar-refractivity contribution in [2.45, 2.75) is 18.9 Å². The first-order valence-corrected chi connectivity index (χ1v) is 8.66. The van der Waals surface area contributed by atoms with E-state index in [2.05, 4.69) is 27.4 Å². The molecule has 0 saturated carbocycles. The molecule has 0 spiro atoms. The summed E-state index contributed by atoms with van der Waals surface area (Å²) >= 11 is 0. The third kappa shape index (κ3) is 3.06. The Morgan fingerprint density at radius 1 is 1.23 bits per heavy atom. The second-order valence-electron chi connectivity index (χ2n) is 6.67. The fourth-order valence-electron chi connectivity index (χ4n) is 3.40. The molecule has 0 fully saturated rings. The van der Waals surface area contributed by atoms with Crippen molar-refractivity contribution < 1.29 is 4.79 Å². The van der Waals surface area contributed by atoms with Crippen LogP contribution in [0, 0.1) is 0 Å². The molecule has 3 aromatic rings. The number of fused-ring (bicyclic) bond motifs is 2. The number of urea groups is 1. The highest BCUT2D eigenvalue weighted by molar-refractivity contribution is 5.77. The number of H-pyrrole nitrogens is 1. The summed E-state index contributed by atoms with van der Waals surface area (Å²) < 4.78 is 0. The summed E-state index contributed by atoms with van der Waals surface area (Å²) in [5.41, 5.74) is 3.12. The Hall–Kier alpha value is -3.15. The number of carbonyl (C=O) groups excluding carboxylic acids is 1. The van der Waals surface area contributed by atoms with Crippen molar-refractivity contribution in [2.24, 2.45) is 0 Å². The molecule has 1 aliphatic rings. The molecule has 2 aromatic carbocycles. The van der Waals surface area contributed by atoms with Crippen molar-refractivity contribution in [2.75, 3.05) is 13.6 Å². The zero-order valence-electron chi connectivity index (χ0n) is 14.5. The van der Waals surface area contributed by atoms with E-state index >= 15 is 0 Å². The van der Waals surface area contributed by atoms with Crippen molar-refractivity contribution in [3.63, 3.8) is 0 Å². The molecule has 1 heterocycles. The Bertz CT molecular complexity index is 1030. The van der Waals surface area contributed by atoms with Gasteiger partial charge >= 0.3 is 6.03 Å². The average Bonchev–Trinajstić information content (AvgIpc) is 2.62. The second-order valence-corrected chi connectivity index (χ2v) is 6.67. The lowest BCUT2D eigenvalue weighted by Crippen LogP contribution is -2.41. The second kappa shape index (κ2) is 6.63. The third-order valence-electron chi connectivity index (χ3n) is 4.86. The Labute approximate surface area is 150 Å². The predicted molar refractivity (Wildman–Crippen MR) is 100 cm³/mol. The SMILES string of the molecule is CN(Cc1nc2ccccc2c(=O)[nH]1)C(=O)NCC1Cc2ccccc21. The molecule has 0 saturated heterocycles. The number of aromatic amines is 1. The normalized spacial score (nSPS) is 15.2. The first-order chi connectivity index (χ1) is 12.6. The largest absolute Gasteiger partial charge is 0.337 e. The minimum absolute atomic E-state index is 0.176. The molecule has 4 rings (SSSR count). The van der Waals surface area contributed by atoms with Gasteiger partial charge in [-0.1, -0.05) is 36.4 Å². The van der Waals surface area contributed by atoms with Crippen molar-refractivity contribution in [3.05, 3.63) is 75.8 Å². The van der Waals surface area contributed by atoms with Crippen LogP contribution < -0.4 is 10.9 Å². The highest BCUT2D eigenvalue weighted by Gasteiger charge is 2.26. The molecule has 6 heteroatoms. The number of nitrogens with one attached hydrogen (secondary N) is 2. The predicted octanol–water partition coefficient (Wildman–Crippen LogP) is 2.40. The van der Waals surface area contributed by atoms with Crippen LogP contribution in [-0.2, 0) is 13.0 Å². The van der Waals surface area contributed by atoms with E-state index in [9.17, 15) is 9.59 Å². The van der Waals surface area contributed by atoms with Crippen molar-refractivity contribution in [3.8, 4) is 0 Å². The van der Waals surface area contributed by atoms with Gasteiger partial charge in [0.05, 0.1) is 17.4 Å². The highest BCUT2D eigenvalue weighted by atomic mass is 16.2. The van der Waals surface area contributed by atoms with Gasteiger partial charge in [0.25, 0.3) is 5.56 Å². The first kappa shape index (κ1) is 16.3. The van der Waals surface area contributed by atoms with E-state index in [1.807, 2.05) is 18.2 Å². The standard InChI is InChI=1S/C20H20N4O2/c1-24(12-18-22-17-9-5-4-8-16(17)19(25)23-18)20(26)21-11-14-10-13-6-2-3-7-15(13)14/h2-9,14H,10-12H2,1H3,(H,21,26)(H,22,23,25). The Morgan fingerprint density at radius 2 is 2.00 bits per heavy atom. The smallest absolute Gasteiger partial charge is 0.317 e. The minimum atomic E-state index is -0.189. The van der Waals surface area contributed by atoms with Crippen molar-refractivity contribution in [1.29, 1.82) is 0 Å². The summed E-state index contributed by atoms with van der Waals surface area (Å²) in [7, 11) is 1.69. The van der Waals surface area contributed by atoms with Gasteiger partial charge in [0, 0.05) is 19.5 Å². The van der Waals surface area contributed by atoms with Gasteiger partial charge in [-0.15, -0.1) is 0 Å². The Kier molecular flexibility index (Phi) is 4.16. The molecular weight excluding hydrogens is 328 g/mol. The lowest BCUT2D eigenvalue weighted by molar-refractivity contribution is 0.204. The van der Waals surface area contributed by atoms with E-state index in [-0.39, 0.29) is 18.1 Å². The van der Waals surface area contributed by atoms with Gasteiger partial charge in [0.2, 0.25) is 0 Å². The molecule has 1 unspecified atom stereocenters. The van der Waals surface area contributed by atoms with E-state index in [4.69, 9.17) is 0 Å². The summed E-state index contributed by atoms with van der Waals surface area (Å²) in [5, 5.41) is 3.51. The summed E-state index contributed by atoms with van der Waals surface area (Å²) in [6.45, 7) is 0.856. The first-order valence-electron chi connectivity index (χ1n) is 8.66. The van der Waals surface area contributed by atoms with Crippen LogP contribution in [0.15, 0.2) is 53.3 Å². The van der Waals surface area contributed by atoms with Gasteiger partial charge in [0.1, 0.15) is 5.82 Å². The third-order valence-corrected chi connectivity index (χ3v) is 4.86. The summed E-state index contributed by atoms with van der Waals surface area (Å²) in [6.07, 6.45) is 1.000. The quantitative estimate of drug-likeness (QED) is 0.760. The zero-order valence-corrected chi connectivity index (χ0v) is 14.5. The highest BCUT2D eigenvalue weighted by Crippen LogP contribution is 2.33. The number of para-hydroxylation sites is 1. The number of hydrogen-bond acceptors (Lipinski definition) is 3.